The van der Waals surface area contributed by atoms with Gasteiger partial charge in [-0.2, -0.15) is 10.4 Å². The molecule has 0 radical (unpaired) electrons. The Hall–Kier alpha value is -4.76. The lowest BCUT2D eigenvalue weighted by molar-refractivity contribution is -0.131. The maximum absolute atomic E-state index is 13.2. The van der Waals surface area contributed by atoms with Gasteiger partial charge in [-0.1, -0.05) is 12.1 Å². The minimum Gasteiger partial charge on any atom is -0.366 e. The SMILES string of the molecule is C[C@@H](CC1(c2n[nH]c(=O)[nH]2)c2ccc(C(N)=O)cc2CCc2cc(C(N)=O)ccc21)NCC(=O)N1[C@H](C#N)C[C@@H]2C[C@@H]21. The quantitative estimate of drug-likeness (QED) is 0.262. The summed E-state index contributed by atoms with van der Waals surface area (Å²) in [5.41, 5.74) is 13.8. The first-order chi connectivity index (χ1) is 20.1. The number of carbonyl (C=O) groups is 3. The Kier molecular flexibility index (Phi) is 6.69. The van der Waals surface area contributed by atoms with Gasteiger partial charge in [-0.3, -0.25) is 19.4 Å². The van der Waals surface area contributed by atoms with Gasteiger partial charge in [0.2, 0.25) is 17.7 Å². The number of primary amides is 2. The first kappa shape index (κ1) is 27.4. The molecule has 216 valence electrons. The third-order valence-electron chi connectivity index (χ3n) is 9.02. The van der Waals surface area contributed by atoms with Crippen LogP contribution in [0.3, 0.4) is 0 Å². The molecular formula is C30H32N8O4. The molecule has 2 aliphatic carbocycles. The van der Waals surface area contributed by atoms with E-state index in [2.05, 4.69) is 26.6 Å². The summed E-state index contributed by atoms with van der Waals surface area (Å²) in [5.74, 6) is -0.443. The van der Waals surface area contributed by atoms with Crippen LogP contribution in [0.5, 0.6) is 0 Å². The molecule has 7 N–H and O–H groups in total. The highest BCUT2D eigenvalue weighted by Crippen LogP contribution is 2.48. The molecule has 0 bridgehead atoms. The van der Waals surface area contributed by atoms with Gasteiger partial charge in [0.15, 0.2) is 0 Å². The van der Waals surface area contributed by atoms with E-state index in [-0.39, 0.29) is 24.5 Å². The lowest BCUT2D eigenvalue weighted by Gasteiger charge is -2.37. The number of aromatic amines is 2. The standard InChI is InChI=1S/C30H32N8O4/c1-15(34-14-25(39)38-21(13-31)10-20-11-24(20)38)12-30(28-35-29(42)37-36-28)22-6-4-18(26(32)40)8-16(22)2-3-17-9-19(27(33)41)5-7-23(17)30/h4-9,15,20-21,24,34H,2-3,10-12,14H2,1H3,(H2,32,40)(H2,33,41)(H2,35,36,37,42)/t15-,20+,21-,24-/m0/s1. The largest absolute Gasteiger partial charge is 0.366 e. The van der Waals surface area contributed by atoms with Crippen molar-refractivity contribution >= 4 is 17.7 Å². The van der Waals surface area contributed by atoms with Gasteiger partial charge in [-0.15, -0.1) is 0 Å². The van der Waals surface area contributed by atoms with Crippen molar-refractivity contribution in [1.29, 1.82) is 5.26 Å². The third kappa shape index (κ3) is 4.55. The van der Waals surface area contributed by atoms with E-state index in [1.54, 1.807) is 29.2 Å². The van der Waals surface area contributed by atoms with Crippen molar-refractivity contribution in [3.63, 3.8) is 0 Å². The van der Waals surface area contributed by atoms with Gasteiger partial charge >= 0.3 is 5.69 Å². The number of nitrogens with two attached hydrogens (primary N) is 2. The number of rotatable bonds is 8. The monoisotopic (exact) mass is 568 g/mol. The molecule has 42 heavy (non-hydrogen) atoms. The molecule has 1 aromatic heterocycles. The number of piperidine rings is 1. The summed E-state index contributed by atoms with van der Waals surface area (Å²) in [6.07, 6.45) is 3.11. The average Bonchev–Trinajstić information content (AvgIpc) is 3.46. The number of nitrogens with one attached hydrogen (secondary N) is 3. The summed E-state index contributed by atoms with van der Waals surface area (Å²) in [6, 6.07) is 12.3. The van der Waals surface area contributed by atoms with Gasteiger partial charge in [0.05, 0.1) is 18.0 Å². The number of hydrogen-bond donors (Lipinski definition) is 5. The van der Waals surface area contributed by atoms with E-state index in [1.165, 1.54) is 0 Å². The number of hydrogen-bond acceptors (Lipinski definition) is 7. The van der Waals surface area contributed by atoms with E-state index >= 15 is 0 Å². The van der Waals surface area contributed by atoms with Gasteiger partial charge in [0, 0.05) is 23.2 Å². The molecular weight excluding hydrogens is 536 g/mol. The van der Waals surface area contributed by atoms with Crippen molar-refractivity contribution in [1.82, 2.24) is 25.4 Å². The Morgan fingerprint density at radius 3 is 2.24 bits per heavy atom. The van der Waals surface area contributed by atoms with E-state index in [4.69, 9.17) is 11.5 Å². The summed E-state index contributed by atoms with van der Waals surface area (Å²) >= 11 is 0. The lowest BCUT2D eigenvalue weighted by Crippen LogP contribution is -2.46. The average molecular weight is 569 g/mol. The molecule has 2 fully saturated rings. The smallest absolute Gasteiger partial charge is 0.340 e. The van der Waals surface area contributed by atoms with Gasteiger partial charge in [0.1, 0.15) is 11.9 Å². The minimum absolute atomic E-state index is 0.0523. The van der Waals surface area contributed by atoms with E-state index < -0.39 is 29.0 Å². The summed E-state index contributed by atoms with van der Waals surface area (Å²) < 4.78 is 0. The molecule has 1 aliphatic heterocycles. The molecule has 6 rings (SSSR count). The van der Waals surface area contributed by atoms with Crippen LogP contribution >= 0.6 is 0 Å². The molecule has 2 heterocycles. The number of likely N-dealkylation sites (tertiary alicyclic amines) is 1. The fourth-order valence-corrected chi connectivity index (χ4v) is 7.01. The Morgan fingerprint density at radius 2 is 1.71 bits per heavy atom. The molecule has 3 amide bonds. The van der Waals surface area contributed by atoms with Crippen LogP contribution in [-0.4, -0.2) is 62.5 Å². The van der Waals surface area contributed by atoms with Crippen molar-refractivity contribution < 1.29 is 14.4 Å². The summed E-state index contributed by atoms with van der Waals surface area (Å²) in [4.78, 5) is 54.4. The van der Waals surface area contributed by atoms with Crippen LogP contribution in [-0.2, 0) is 23.1 Å². The van der Waals surface area contributed by atoms with Gasteiger partial charge in [-0.05, 0) is 91.5 Å². The first-order valence-corrected chi connectivity index (χ1v) is 14.1. The highest BCUT2D eigenvalue weighted by molar-refractivity contribution is 5.94. The van der Waals surface area contributed by atoms with Crippen molar-refractivity contribution in [2.45, 2.75) is 62.6 Å². The summed E-state index contributed by atoms with van der Waals surface area (Å²) in [6.45, 7) is 2.00. The van der Waals surface area contributed by atoms with E-state index in [0.717, 1.165) is 35.1 Å². The van der Waals surface area contributed by atoms with Crippen LogP contribution in [0, 0.1) is 17.2 Å². The Morgan fingerprint density at radius 1 is 1.10 bits per heavy atom. The fraction of sp³-hybridized carbons (Fsp3) is 0.400. The van der Waals surface area contributed by atoms with Crippen molar-refractivity contribution in [3.8, 4) is 6.07 Å². The highest BCUT2D eigenvalue weighted by atomic mass is 16.2. The van der Waals surface area contributed by atoms with Gasteiger partial charge < -0.3 is 21.7 Å². The summed E-state index contributed by atoms with van der Waals surface area (Å²) in [5, 5.41) is 19.8. The third-order valence-corrected chi connectivity index (χ3v) is 9.02. The summed E-state index contributed by atoms with van der Waals surface area (Å²) in [7, 11) is 0. The van der Waals surface area contributed by atoms with Crippen LogP contribution in [0.25, 0.3) is 0 Å². The Balaban J connectivity index is 1.43. The number of H-pyrrole nitrogens is 2. The molecule has 12 heteroatoms. The van der Waals surface area contributed by atoms with Crippen molar-refractivity contribution in [3.05, 3.63) is 86.1 Å². The number of fused-ring (bicyclic) bond motifs is 3. The number of nitrogens with zero attached hydrogens (tertiary/aromatic N) is 3. The molecule has 1 saturated carbocycles. The van der Waals surface area contributed by atoms with Crippen molar-refractivity contribution in [2.24, 2.45) is 17.4 Å². The molecule has 4 atom stereocenters. The van der Waals surface area contributed by atoms with Crippen molar-refractivity contribution in [2.75, 3.05) is 6.54 Å². The zero-order valence-corrected chi connectivity index (χ0v) is 23.1. The Labute approximate surface area is 241 Å². The number of carbonyl (C=O) groups excluding carboxylic acids is 3. The number of nitriles is 1. The second-order valence-electron chi connectivity index (χ2n) is 11.6. The highest BCUT2D eigenvalue weighted by Gasteiger charge is 2.54. The topological polar surface area (TPSA) is 204 Å². The second-order valence-corrected chi connectivity index (χ2v) is 11.6. The van der Waals surface area contributed by atoms with Crippen LogP contribution in [0.15, 0.2) is 41.2 Å². The van der Waals surface area contributed by atoms with E-state index in [1.807, 2.05) is 19.1 Å². The molecule has 0 unspecified atom stereocenters. The van der Waals surface area contributed by atoms with Gasteiger partial charge in [-0.25, -0.2) is 9.89 Å². The Bertz CT molecular complexity index is 1640. The number of amides is 3. The molecule has 0 spiro atoms. The first-order valence-electron chi connectivity index (χ1n) is 14.1. The maximum Gasteiger partial charge on any atom is 0.340 e. The molecule has 3 aliphatic rings. The molecule has 3 aromatic rings. The number of aryl methyl sites for hydroxylation is 2. The normalized spacial score (nSPS) is 22.2. The predicted octanol–water partition coefficient (Wildman–Crippen LogP) is 0.610. The van der Waals surface area contributed by atoms with E-state index in [9.17, 15) is 24.4 Å². The zero-order valence-electron chi connectivity index (χ0n) is 23.1. The van der Waals surface area contributed by atoms with Gasteiger partial charge in [0.25, 0.3) is 0 Å². The maximum atomic E-state index is 13.2. The van der Waals surface area contributed by atoms with Crippen LogP contribution in [0.2, 0.25) is 0 Å². The zero-order chi connectivity index (χ0) is 29.8. The number of aromatic nitrogens is 3. The van der Waals surface area contributed by atoms with Crippen LogP contribution in [0.1, 0.15) is 75.0 Å². The van der Waals surface area contributed by atoms with E-state index in [0.29, 0.717) is 42.1 Å². The molecule has 1 saturated heterocycles. The lowest BCUT2D eigenvalue weighted by atomic mass is 9.67. The minimum atomic E-state index is -1.04. The predicted molar refractivity (Wildman–Crippen MR) is 151 cm³/mol. The molecule has 12 nitrogen and oxygen atoms in total. The van der Waals surface area contributed by atoms with Crippen LogP contribution < -0.4 is 22.5 Å². The molecule has 2 aromatic carbocycles. The number of benzene rings is 2. The fourth-order valence-electron chi connectivity index (χ4n) is 7.01. The van der Waals surface area contributed by atoms with Crippen LogP contribution in [0.4, 0.5) is 0 Å². The second kappa shape index (κ2) is 10.3.